The van der Waals surface area contributed by atoms with E-state index in [9.17, 15) is 9.18 Å². The van der Waals surface area contributed by atoms with Gasteiger partial charge in [-0.15, -0.1) is 0 Å². The fourth-order valence-electron chi connectivity index (χ4n) is 6.24. The van der Waals surface area contributed by atoms with Crippen LogP contribution in [0.15, 0.2) is 97.0 Å². The van der Waals surface area contributed by atoms with Gasteiger partial charge in [-0.2, -0.15) is 0 Å². The van der Waals surface area contributed by atoms with Crippen LogP contribution in [0, 0.1) is 5.41 Å². The van der Waals surface area contributed by atoms with E-state index in [4.69, 9.17) is 9.72 Å². The Bertz CT molecular complexity index is 1510. The number of halogens is 1. The zero-order chi connectivity index (χ0) is 31.1. The molecule has 7 heteroatoms. The maximum atomic E-state index is 14.4. The first-order valence-electron chi connectivity index (χ1n) is 15.7. The fourth-order valence-corrected chi connectivity index (χ4v) is 6.24. The van der Waals surface area contributed by atoms with E-state index >= 15 is 0 Å². The van der Waals surface area contributed by atoms with Crippen LogP contribution in [0.1, 0.15) is 62.3 Å². The van der Waals surface area contributed by atoms with Crippen molar-refractivity contribution in [2.75, 3.05) is 26.2 Å². The molecule has 232 valence electrons. The van der Waals surface area contributed by atoms with Gasteiger partial charge in [-0.1, -0.05) is 75.0 Å². The van der Waals surface area contributed by atoms with Crippen molar-refractivity contribution in [2.24, 2.45) is 5.41 Å². The minimum absolute atomic E-state index is 0.0332. The van der Waals surface area contributed by atoms with Crippen LogP contribution < -0.4 is 4.74 Å². The lowest BCUT2D eigenvalue weighted by Gasteiger charge is -2.34. The van der Waals surface area contributed by atoms with Crippen LogP contribution in [0.4, 0.5) is 4.39 Å². The van der Waals surface area contributed by atoms with Crippen molar-refractivity contribution in [1.82, 2.24) is 19.4 Å². The number of fused-ring (bicyclic) bond motifs is 1. The number of allylic oxidation sites excluding steroid dienone is 5. The molecule has 44 heavy (non-hydrogen) atoms. The molecule has 1 fully saturated rings. The largest absolute Gasteiger partial charge is 0.489 e. The maximum Gasteiger partial charge on any atom is 0.237 e. The van der Waals surface area contributed by atoms with E-state index < -0.39 is 0 Å². The summed E-state index contributed by atoms with van der Waals surface area (Å²) in [5.41, 5.74) is 4.27. The number of rotatable bonds is 11. The van der Waals surface area contributed by atoms with Crippen molar-refractivity contribution in [1.29, 1.82) is 0 Å². The van der Waals surface area contributed by atoms with Crippen LogP contribution in [0.25, 0.3) is 0 Å². The monoisotopic (exact) mass is 596 g/mol. The highest BCUT2D eigenvalue weighted by Gasteiger charge is 2.33. The van der Waals surface area contributed by atoms with Gasteiger partial charge in [0.05, 0.1) is 12.6 Å². The average Bonchev–Trinajstić information content (AvgIpc) is 3.38. The number of nitrogens with zero attached hydrogens (tertiary/aromatic N) is 4. The van der Waals surface area contributed by atoms with E-state index in [1.807, 2.05) is 65.7 Å². The van der Waals surface area contributed by atoms with Crippen molar-refractivity contribution in [3.63, 3.8) is 0 Å². The Labute approximate surface area is 261 Å². The molecule has 0 bridgehead atoms. The zero-order valence-electron chi connectivity index (χ0n) is 26.3. The highest BCUT2D eigenvalue weighted by atomic mass is 19.1. The van der Waals surface area contributed by atoms with Gasteiger partial charge in [0.25, 0.3) is 0 Å². The molecule has 1 atom stereocenters. The van der Waals surface area contributed by atoms with Gasteiger partial charge in [0.2, 0.25) is 5.91 Å². The molecular weight excluding hydrogens is 551 g/mol. The summed E-state index contributed by atoms with van der Waals surface area (Å²) in [6.45, 7) is 14.0. The topological polar surface area (TPSA) is 50.6 Å². The van der Waals surface area contributed by atoms with Gasteiger partial charge in [-0.25, -0.2) is 9.37 Å². The highest BCUT2D eigenvalue weighted by molar-refractivity contribution is 5.79. The number of hydrogen-bond donors (Lipinski definition) is 0. The molecule has 0 radical (unpaired) electrons. The maximum absolute atomic E-state index is 14.4. The third kappa shape index (κ3) is 7.94. The smallest absolute Gasteiger partial charge is 0.237 e. The van der Waals surface area contributed by atoms with Gasteiger partial charge in [0.15, 0.2) is 0 Å². The number of benzene rings is 2. The SMILES string of the molecule is C=C/C(=C\C(F)=C/C)C1CC(C)(C)CCc2ncc(CCN3CCN(Cc4cccc(OCc5ccccc5)c4)C(=O)C3)n21. The molecule has 0 spiro atoms. The van der Waals surface area contributed by atoms with E-state index in [0.717, 1.165) is 72.7 Å². The van der Waals surface area contributed by atoms with Crippen molar-refractivity contribution in [3.8, 4) is 5.75 Å². The van der Waals surface area contributed by atoms with Crippen LogP contribution in [-0.4, -0.2) is 51.4 Å². The number of aryl methyl sites for hydroxylation is 1. The standard InChI is InChI=1S/C37H45FN4O2/c1-5-30(22-31(38)6-2)34-23-37(3,4)17-15-35-39-24-32(42(34)35)16-18-40-19-20-41(36(43)26-40)25-29-13-10-14-33(21-29)44-27-28-11-8-7-9-12-28/h5-14,21-22,24,34H,1,15-20,23,25-27H2,2-4H3/b30-22+,31-6+. The molecule has 5 rings (SSSR count). The minimum atomic E-state index is -0.256. The quantitative estimate of drug-likeness (QED) is 0.219. The highest BCUT2D eigenvalue weighted by Crippen LogP contribution is 2.41. The molecule has 2 aliphatic rings. The summed E-state index contributed by atoms with van der Waals surface area (Å²) < 4.78 is 22.7. The van der Waals surface area contributed by atoms with Crippen LogP contribution >= 0.6 is 0 Å². The number of carbonyl (C=O) groups excluding carboxylic acids is 1. The molecule has 1 unspecified atom stereocenters. The molecule has 1 amide bonds. The second-order valence-corrected chi connectivity index (χ2v) is 12.7. The summed E-state index contributed by atoms with van der Waals surface area (Å²) in [6, 6.07) is 18.1. The molecule has 1 aromatic heterocycles. The Morgan fingerprint density at radius 3 is 2.68 bits per heavy atom. The number of piperazine rings is 1. The molecule has 0 aliphatic carbocycles. The van der Waals surface area contributed by atoms with Crippen LogP contribution in [0.2, 0.25) is 0 Å². The third-order valence-corrected chi connectivity index (χ3v) is 8.84. The first-order chi connectivity index (χ1) is 21.2. The van der Waals surface area contributed by atoms with Crippen LogP contribution in [-0.2, 0) is 30.8 Å². The lowest BCUT2D eigenvalue weighted by molar-refractivity contribution is -0.136. The molecule has 1 saturated heterocycles. The molecule has 6 nitrogen and oxygen atoms in total. The number of ether oxygens (including phenoxy) is 1. The molecule has 2 aliphatic heterocycles. The molecule has 2 aromatic carbocycles. The van der Waals surface area contributed by atoms with E-state index in [1.54, 1.807) is 19.1 Å². The van der Waals surface area contributed by atoms with E-state index in [-0.39, 0.29) is 23.2 Å². The zero-order valence-corrected chi connectivity index (χ0v) is 26.3. The van der Waals surface area contributed by atoms with Crippen molar-refractivity contribution >= 4 is 5.91 Å². The number of amides is 1. The predicted octanol–water partition coefficient (Wildman–Crippen LogP) is 7.24. The number of imidazole rings is 1. The molecule has 3 heterocycles. The number of hydrogen-bond acceptors (Lipinski definition) is 4. The first-order valence-corrected chi connectivity index (χ1v) is 15.7. The minimum Gasteiger partial charge on any atom is -0.489 e. The third-order valence-electron chi connectivity index (χ3n) is 8.84. The van der Waals surface area contributed by atoms with Gasteiger partial charge >= 0.3 is 0 Å². The second-order valence-electron chi connectivity index (χ2n) is 12.7. The van der Waals surface area contributed by atoms with Gasteiger partial charge in [-0.3, -0.25) is 9.69 Å². The summed E-state index contributed by atoms with van der Waals surface area (Å²) >= 11 is 0. The Kier molecular flexibility index (Phi) is 10.2. The first kappa shape index (κ1) is 31.5. The summed E-state index contributed by atoms with van der Waals surface area (Å²) in [5.74, 6) is 1.73. The summed E-state index contributed by atoms with van der Waals surface area (Å²) in [5, 5.41) is 0. The Morgan fingerprint density at radius 1 is 1.14 bits per heavy atom. The van der Waals surface area contributed by atoms with Crippen molar-refractivity contribution in [3.05, 3.63) is 120 Å². The second kappa shape index (κ2) is 14.2. The molecule has 3 aromatic rings. The van der Waals surface area contributed by atoms with Gasteiger partial charge < -0.3 is 14.2 Å². The Balaban J connectivity index is 1.20. The van der Waals surface area contributed by atoms with E-state index in [2.05, 4.69) is 29.9 Å². The average molecular weight is 597 g/mol. The van der Waals surface area contributed by atoms with E-state index in [0.29, 0.717) is 26.2 Å². The van der Waals surface area contributed by atoms with Crippen molar-refractivity contribution < 1.29 is 13.9 Å². The summed E-state index contributed by atoms with van der Waals surface area (Å²) in [7, 11) is 0. The predicted molar refractivity (Wildman–Crippen MR) is 174 cm³/mol. The molecule has 0 N–H and O–H groups in total. The number of carbonyl (C=O) groups is 1. The summed E-state index contributed by atoms with van der Waals surface area (Å²) in [6.07, 6.45) is 10.4. The van der Waals surface area contributed by atoms with Crippen molar-refractivity contribution in [2.45, 2.75) is 65.6 Å². The Hall–Kier alpha value is -3.97. The van der Waals surface area contributed by atoms with E-state index in [1.165, 1.54) is 6.08 Å². The lowest BCUT2D eigenvalue weighted by atomic mass is 9.80. The normalized spacial score (nSPS) is 19.4. The van der Waals surface area contributed by atoms with Crippen LogP contribution in [0.5, 0.6) is 5.75 Å². The molecular formula is C37H45FN4O2. The molecule has 0 saturated carbocycles. The lowest BCUT2D eigenvalue weighted by Crippen LogP contribution is -2.50. The fraction of sp³-hybridized carbons (Fsp3) is 0.405. The van der Waals surface area contributed by atoms with Gasteiger partial charge in [0.1, 0.15) is 24.0 Å². The number of aromatic nitrogens is 2. The van der Waals surface area contributed by atoms with Gasteiger partial charge in [0, 0.05) is 50.9 Å². The Morgan fingerprint density at radius 2 is 1.93 bits per heavy atom. The summed E-state index contributed by atoms with van der Waals surface area (Å²) in [4.78, 5) is 22.2. The van der Waals surface area contributed by atoms with Gasteiger partial charge in [-0.05, 0) is 60.1 Å². The van der Waals surface area contributed by atoms with Crippen LogP contribution in [0.3, 0.4) is 0 Å².